The number of nitrogens with zero attached hydrogens (tertiary/aromatic N) is 1. The van der Waals surface area contributed by atoms with Crippen LogP contribution in [-0.2, 0) is 26.4 Å². The first-order valence-corrected chi connectivity index (χ1v) is 9.03. The second-order valence-corrected chi connectivity index (χ2v) is 8.20. The summed E-state index contributed by atoms with van der Waals surface area (Å²) < 4.78 is 48.4. The monoisotopic (exact) mass is 307 g/mol. The molecule has 0 bridgehead atoms. The number of nitrogens with one attached hydrogen (secondary N) is 1. The van der Waals surface area contributed by atoms with Crippen molar-refractivity contribution >= 4 is 19.9 Å². The van der Waals surface area contributed by atoms with E-state index in [1.807, 2.05) is 0 Å². The molecule has 7 nitrogen and oxygen atoms in total. The van der Waals surface area contributed by atoms with Crippen LogP contribution in [0.1, 0.15) is 12.6 Å². The van der Waals surface area contributed by atoms with Gasteiger partial charge in [0.05, 0.1) is 11.4 Å². The Hall–Kier alpha value is -1.03. The van der Waals surface area contributed by atoms with E-state index in [-0.39, 0.29) is 17.2 Å². The van der Waals surface area contributed by atoms with Crippen molar-refractivity contribution in [3.05, 3.63) is 24.0 Å². The Morgan fingerprint density at radius 1 is 1.32 bits per heavy atom. The van der Waals surface area contributed by atoms with Crippen molar-refractivity contribution in [2.45, 2.75) is 24.4 Å². The van der Waals surface area contributed by atoms with Crippen LogP contribution in [0.15, 0.2) is 23.2 Å². The fourth-order valence-corrected chi connectivity index (χ4v) is 3.80. The summed E-state index contributed by atoms with van der Waals surface area (Å²) in [5.74, 6) is -0.263. The summed E-state index contributed by atoms with van der Waals surface area (Å²) >= 11 is 0. The van der Waals surface area contributed by atoms with E-state index in [1.165, 1.54) is 25.3 Å². The summed E-state index contributed by atoms with van der Waals surface area (Å²) in [6.45, 7) is 1.71. The van der Waals surface area contributed by atoms with Gasteiger partial charge in [0.25, 0.3) is 0 Å². The van der Waals surface area contributed by atoms with Crippen molar-refractivity contribution < 1.29 is 16.8 Å². The van der Waals surface area contributed by atoms with Crippen LogP contribution < -0.4 is 10.5 Å². The Bertz CT molecular complexity index is 623. The largest absolute Gasteiger partial charge is 0.325 e. The van der Waals surface area contributed by atoms with E-state index < -0.39 is 25.9 Å². The molecule has 0 saturated carbocycles. The van der Waals surface area contributed by atoms with Gasteiger partial charge in [0.2, 0.25) is 10.0 Å². The molecule has 1 rings (SSSR count). The average Bonchev–Trinajstić information content (AvgIpc) is 2.25. The number of nitrogens with two attached hydrogens (primary N) is 1. The summed E-state index contributed by atoms with van der Waals surface area (Å²) in [7, 11) is -7.02. The quantitative estimate of drug-likeness (QED) is 0.714. The van der Waals surface area contributed by atoms with Crippen LogP contribution >= 0.6 is 0 Å². The molecular formula is C10H17N3O4S2. The van der Waals surface area contributed by atoms with Crippen LogP contribution in [-0.4, -0.2) is 39.9 Å². The van der Waals surface area contributed by atoms with Crippen molar-refractivity contribution in [1.82, 2.24) is 9.71 Å². The molecule has 0 spiro atoms. The van der Waals surface area contributed by atoms with E-state index in [0.29, 0.717) is 5.69 Å². The molecule has 1 aromatic rings. The number of sulfonamides is 1. The lowest BCUT2D eigenvalue weighted by Crippen LogP contribution is -2.37. The van der Waals surface area contributed by atoms with Gasteiger partial charge in [-0.2, -0.15) is 0 Å². The fraction of sp³-hybridized carbons (Fsp3) is 0.500. The van der Waals surface area contributed by atoms with Gasteiger partial charge in [-0.1, -0.05) is 0 Å². The number of hydrogen-bond acceptors (Lipinski definition) is 6. The van der Waals surface area contributed by atoms with Crippen LogP contribution in [0.3, 0.4) is 0 Å². The predicted molar refractivity (Wildman–Crippen MR) is 71.6 cm³/mol. The highest BCUT2D eigenvalue weighted by atomic mass is 32.2. The van der Waals surface area contributed by atoms with Crippen LogP contribution in [0.2, 0.25) is 0 Å². The van der Waals surface area contributed by atoms with E-state index >= 15 is 0 Å². The fourth-order valence-electron chi connectivity index (χ4n) is 1.51. The zero-order valence-corrected chi connectivity index (χ0v) is 12.3. The lowest BCUT2D eigenvalue weighted by Gasteiger charge is -2.13. The zero-order valence-electron chi connectivity index (χ0n) is 10.7. The molecule has 1 aromatic heterocycles. The second kappa shape index (κ2) is 5.95. The minimum absolute atomic E-state index is 0.0231. The van der Waals surface area contributed by atoms with E-state index in [9.17, 15) is 16.8 Å². The van der Waals surface area contributed by atoms with Crippen LogP contribution in [0, 0.1) is 0 Å². The Balaban J connectivity index is 2.86. The summed E-state index contributed by atoms with van der Waals surface area (Å²) in [6.07, 6.45) is 2.24. The maximum absolute atomic E-state index is 12.0. The molecule has 0 fully saturated rings. The third-order valence-corrected chi connectivity index (χ3v) is 4.91. The molecule has 19 heavy (non-hydrogen) atoms. The normalized spacial score (nSPS) is 14.3. The molecular weight excluding hydrogens is 290 g/mol. The van der Waals surface area contributed by atoms with Crippen molar-refractivity contribution in [3.8, 4) is 0 Å². The lowest BCUT2D eigenvalue weighted by atomic mass is 10.4. The Morgan fingerprint density at radius 2 is 1.95 bits per heavy atom. The molecule has 0 aliphatic rings. The average molecular weight is 307 g/mol. The summed E-state index contributed by atoms with van der Waals surface area (Å²) in [4.78, 5) is 3.86. The van der Waals surface area contributed by atoms with Gasteiger partial charge in [-0.15, -0.1) is 0 Å². The number of rotatable bonds is 6. The molecule has 108 valence electrons. The first kappa shape index (κ1) is 16.0. The predicted octanol–water partition coefficient (Wildman–Crippen LogP) is -0.748. The number of pyridine rings is 1. The topological polar surface area (TPSA) is 119 Å². The number of aromatic nitrogens is 1. The van der Waals surface area contributed by atoms with E-state index in [4.69, 9.17) is 5.73 Å². The molecule has 0 radical (unpaired) electrons. The molecule has 1 unspecified atom stereocenters. The summed E-state index contributed by atoms with van der Waals surface area (Å²) in [5, 5.41) is 0. The SMILES string of the molecule is CC(CS(C)(=O)=O)NS(=O)(=O)c1ccc(CN)nc1. The van der Waals surface area contributed by atoms with Crippen molar-refractivity contribution in [1.29, 1.82) is 0 Å². The van der Waals surface area contributed by atoms with Gasteiger partial charge in [-0.25, -0.2) is 21.6 Å². The third kappa shape index (κ3) is 5.23. The molecule has 0 aromatic carbocycles. The highest BCUT2D eigenvalue weighted by Crippen LogP contribution is 2.08. The molecule has 0 saturated heterocycles. The molecule has 0 aliphatic heterocycles. The van der Waals surface area contributed by atoms with Gasteiger partial charge < -0.3 is 5.73 Å². The molecule has 3 N–H and O–H groups in total. The highest BCUT2D eigenvalue weighted by molar-refractivity contribution is 7.91. The number of hydrogen-bond donors (Lipinski definition) is 2. The minimum Gasteiger partial charge on any atom is -0.325 e. The zero-order chi connectivity index (χ0) is 14.7. The Kier molecular flexibility index (Phi) is 5.02. The lowest BCUT2D eigenvalue weighted by molar-refractivity contribution is 0.564. The van der Waals surface area contributed by atoms with Crippen LogP contribution in [0.25, 0.3) is 0 Å². The van der Waals surface area contributed by atoms with Crippen molar-refractivity contribution in [3.63, 3.8) is 0 Å². The van der Waals surface area contributed by atoms with Crippen LogP contribution in [0.4, 0.5) is 0 Å². The van der Waals surface area contributed by atoms with Gasteiger partial charge >= 0.3 is 0 Å². The standard InChI is InChI=1S/C10H17N3O4S2/c1-8(7-18(2,14)15)13-19(16,17)10-4-3-9(5-11)12-6-10/h3-4,6,8,13H,5,7,11H2,1-2H3. The van der Waals surface area contributed by atoms with Gasteiger partial charge in [-0.3, -0.25) is 4.98 Å². The van der Waals surface area contributed by atoms with Crippen molar-refractivity contribution in [2.75, 3.05) is 12.0 Å². The van der Waals surface area contributed by atoms with Crippen LogP contribution in [0.5, 0.6) is 0 Å². The molecule has 0 aliphatic carbocycles. The van der Waals surface area contributed by atoms with Gasteiger partial charge in [0.1, 0.15) is 14.7 Å². The second-order valence-electron chi connectivity index (χ2n) is 4.30. The maximum atomic E-state index is 12.0. The van der Waals surface area contributed by atoms with E-state index in [0.717, 1.165) is 6.26 Å². The molecule has 9 heteroatoms. The molecule has 1 heterocycles. The summed E-state index contributed by atoms with van der Waals surface area (Å²) in [6, 6.07) is 2.18. The van der Waals surface area contributed by atoms with Gasteiger partial charge in [-0.05, 0) is 19.1 Å². The smallest absolute Gasteiger partial charge is 0.242 e. The van der Waals surface area contributed by atoms with Crippen molar-refractivity contribution in [2.24, 2.45) is 5.73 Å². The van der Waals surface area contributed by atoms with E-state index in [2.05, 4.69) is 9.71 Å². The summed E-state index contributed by atoms with van der Waals surface area (Å²) in [5.41, 5.74) is 5.94. The molecule has 0 amide bonds. The number of sulfone groups is 1. The minimum atomic E-state index is -3.77. The highest BCUT2D eigenvalue weighted by Gasteiger charge is 2.20. The third-order valence-electron chi connectivity index (χ3n) is 2.23. The van der Waals surface area contributed by atoms with Gasteiger partial charge in [0.15, 0.2) is 0 Å². The first-order valence-electron chi connectivity index (χ1n) is 5.49. The first-order chi connectivity index (χ1) is 8.64. The van der Waals surface area contributed by atoms with E-state index in [1.54, 1.807) is 0 Å². The Labute approximate surface area is 113 Å². The van der Waals surface area contributed by atoms with Gasteiger partial charge in [0, 0.05) is 25.0 Å². The molecule has 1 atom stereocenters. The maximum Gasteiger partial charge on any atom is 0.242 e. The Morgan fingerprint density at radius 3 is 2.37 bits per heavy atom.